The minimum Gasteiger partial charge on any atom is -0.271 e. The summed E-state index contributed by atoms with van der Waals surface area (Å²) in [5.74, 6) is 0. The maximum absolute atomic E-state index is 4.32. The summed E-state index contributed by atoms with van der Waals surface area (Å²) < 4.78 is 1.92. The number of rotatable bonds is 1. The molecule has 0 amide bonds. The van der Waals surface area contributed by atoms with E-state index in [0.29, 0.717) is 0 Å². The van der Waals surface area contributed by atoms with Crippen LogP contribution in [0, 0.1) is 0 Å². The van der Waals surface area contributed by atoms with Gasteiger partial charge in [0.25, 0.3) is 0 Å². The summed E-state index contributed by atoms with van der Waals surface area (Å²) in [6, 6.07) is 0. The lowest BCUT2D eigenvalue weighted by Gasteiger charge is -2.20. The molecule has 16 heavy (non-hydrogen) atoms. The first-order valence-electron chi connectivity index (χ1n) is 5.28. The molecule has 0 fully saturated rings. The van der Waals surface area contributed by atoms with Crippen LogP contribution in [0.5, 0.6) is 0 Å². The Kier molecular flexibility index (Phi) is 2.50. The van der Waals surface area contributed by atoms with Gasteiger partial charge in [-0.15, -0.1) is 0 Å². The molecule has 2 aromatic heterocycles. The van der Waals surface area contributed by atoms with Crippen LogP contribution in [0.3, 0.4) is 0 Å². The van der Waals surface area contributed by atoms with E-state index in [-0.39, 0.29) is 5.41 Å². The molecule has 0 saturated carbocycles. The third-order valence-electron chi connectivity index (χ3n) is 2.52. The van der Waals surface area contributed by atoms with Crippen molar-refractivity contribution in [2.24, 2.45) is 7.05 Å². The van der Waals surface area contributed by atoms with E-state index in [9.17, 15) is 0 Å². The van der Waals surface area contributed by atoms with Crippen molar-refractivity contribution in [3.05, 3.63) is 30.6 Å². The van der Waals surface area contributed by atoms with Gasteiger partial charge in [-0.1, -0.05) is 20.8 Å². The van der Waals surface area contributed by atoms with Gasteiger partial charge in [0.2, 0.25) is 0 Å². The lowest BCUT2D eigenvalue weighted by molar-refractivity contribution is 0.524. The summed E-state index contributed by atoms with van der Waals surface area (Å²) in [6.45, 7) is 6.53. The Labute approximate surface area is 95.4 Å². The molecule has 2 aromatic rings. The molecule has 0 spiro atoms. The number of hydrogen-bond acceptors (Lipinski definition) is 3. The number of aryl methyl sites for hydroxylation is 1. The van der Waals surface area contributed by atoms with Gasteiger partial charge in [-0.25, -0.2) is 9.97 Å². The SMILES string of the molecule is Cn1ncc(-c2cncnc2)c1C(C)(C)C. The van der Waals surface area contributed by atoms with E-state index in [2.05, 4.69) is 35.8 Å². The number of aromatic nitrogens is 4. The molecule has 0 saturated heterocycles. The quantitative estimate of drug-likeness (QED) is 0.733. The van der Waals surface area contributed by atoms with Crippen molar-refractivity contribution in [1.82, 2.24) is 19.7 Å². The predicted molar refractivity (Wildman–Crippen MR) is 62.9 cm³/mol. The van der Waals surface area contributed by atoms with Crippen LogP contribution in [0.2, 0.25) is 0 Å². The van der Waals surface area contributed by atoms with E-state index in [1.165, 1.54) is 12.0 Å². The summed E-state index contributed by atoms with van der Waals surface area (Å²) in [6.07, 6.45) is 7.05. The van der Waals surface area contributed by atoms with Gasteiger partial charge in [0.1, 0.15) is 6.33 Å². The molecular weight excluding hydrogens is 200 g/mol. The van der Waals surface area contributed by atoms with Crippen molar-refractivity contribution in [3.8, 4) is 11.1 Å². The van der Waals surface area contributed by atoms with E-state index in [1.807, 2.05) is 30.3 Å². The molecular formula is C12H16N4. The fourth-order valence-corrected chi connectivity index (χ4v) is 1.98. The summed E-state index contributed by atoms with van der Waals surface area (Å²) in [4.78, 5) is 8.09. The fourth-order valence-electron chi connectivity index (χ4n) is 1.98. The van der Waals surface area contributed by atoms with Gasteiger partial charge in [-0.2, -0.15) is 5.10 Å². The van der Waals surface area contributed by atoms with E-state index in [1.54, 1.807) is 0 Å². The number of nitrogens with zero attached hydrogens (tertiary/aromatic N) is 4. The molecule has 0 bridgehead atoms. The monoisotopic (exact) mass is 216 g/mol. The first kappa shape index (κ1) is 10.8. The third kappa shape index (κ3) is 1.83. The predicted octanol–water partition coefficient (Wildman–Crippen LogP) is 2.17. The Balaban J connectivity index is 2.60. The fraction of sp³-hybridized carbons (Fsp3) is 0.417. The van der Waals surface area contributed by atoms with E-state index in [4.69, 9.17) is 0 Å². The second-order valence-electron chi connectivity index (χ2n) is 4.91. The minimum absolute atomic E-state index is 0.0520. The Morgan fingerprint density at radius 1 is 1.06 bits per heavy atom. The molecule has 0 aliphatic heterocycles. The molecule has 4 heteroatoms. The summed E-state index contributed by atoms with van der Waals surface area (Å²) in [5.41, 5.74) is 3.37. The highest BCUT2D eigenvalue weighted by Gasteiger charge is 2.23. The summed E-state index contributed by atoms with van der Waals surface area (Å²) >= 11 is 0. The van der Waals surface area contributed by atoms with Crippen LogP contribution in [0.15, 0.2) is 24.9 Å². The normalized spacial score (nSPS) is 11.8. The Morgan fingerprint density at radius 3 is 2.25 bits per heavy atom. The molecule has 0 N–H and O–H groups in total. The van der Waals surface area contributed by atoms with Crippen molar-refractivity contribution in [3.63, 3.8) is 0 Å². The first-order valence-corrected chi connectivity index (χ1v) is 5.28. The molecule has 2 heterocycles. The molecule has 0 aliphatic rings. The van der Waals surface area contributed by atoms with E-state index < -0.39 is 0 Å². The van der Waals surface area contributed by atoms with Gasteiger partial charge in [-0.05, 0) is 0 Å². The molecule has 4 nitrogen and oxygen atoms in total. The maximum atomic E-state index is 4.32. The lowest BCUT2D eigenvalue weighted by Crippen LogP contribution is -2.17. The van der Waals surface area contributed by atoms with Crippen LogP contribution < -0.4 is 0 Å². The summed E-state index contributed by atoms with van der Waals surface area (Å²) in [5, 5.41) is 4.32. The molecule has 84 valence electrons. The molecule has 0 atom stereocenters. The van der Waals surface area contributed by atoms with Crippen LogP contribution in [-0.4, -0.2) is 19.7 Å². The summed E-state index contributed by atoms with van der Waals surface area (Å²) in [7, 11) is 1.97. The molecule has 0 aliphatic carbocycles. The van der Waals surface area contributed by atoms with Crippen LogP contribution in [-0.2, 0) is 12.5 Å². The highest BCUT2D eigenvalue weighted by molar-refractivity contribution is 5.64. The highest BCUT2D eigenvalue weighted by Crippen LogP contribution is 2.31. The molecule has 0 radical (unpaired) electrons. The van der Waals surface area contributed by atoms with Gasteiger partial charge >= 0.3 is 0 Å². The largest absolute Gasteiger partial charge is 0.271 e. The minimum atomic E-state index is 0.0520. The second-order valence-corrected chi connectivity index (χ2v) is 4.91. The van der Waals surface area contributed by atoms with Crippen molar-refractivity contribution in [1.29, 1.82) is 0 Å². The van der Waals surface area contributed by atoms with Crippen molar-refractivity contribution >= 4 is 0 Å². The smallest absolute Gasteiger partial charge is 0.115 e. The third-order valence-corrected chi connectivity index (χ3v) is 2.52. The maximum Gasteiger partial charge on any atom is 0.115 e. The van der Waals surface area contributed by atoms with Crippen molar-refractivity contribution < 1.29 is 0 Å². The van der Waals surface area contributed by atoms with E-state index in [0.717, 1.165) is 11.1 Å². The van der Waals surface area contributed by atoms with Gasteiger partial charge in [0, 0.05) is 36.0 Å². The Hall–Kier alpha value is -1.71. The van der Waals surface area contributed by atoms with Crippen molar-refractivity contribution in [2.45, 2.75) is 26.2 Å². The zero-order valence-corrected chi connectivity index (χ0v) is 10.1. The standard InChI is InChI=1S/C12H16N4/c1-12(2,3)11-10(7-15-16(11)4)9-5-13-8-14-6-9/h5-8H,1-4H3. The molecule has 2 rings (SSSR count). The average Bonchev–Trinajstić information content (AvgIpc) is 2.61. The van der Waals surface area contributed by atoms with Gasteiger partial charge < -0.3 is 0 Å². The van der Waals surface area contributed by atoms with Gasteiger partial charge in [-0.3, -0.25) is 4.68 Å². The zero-order chi connectivity index (χ0) is 11.8. The highest BCUT2D eigenvalue weighted by atomic mass is 15.3. The van der Waals surface area contributed by atoms with Crippen LogP contribution in [0.25, 0.3) is 11.1 Å². The van der Waals surface area contributed by atoms with Gasteiger partial charge in [0.05, 0.1) is 11.9 Å². The topological polar surface area (TPSA) is 43.6 Å². The first-order chi connectivity index (χ1) is 7.50. The molecule has 0 unspecified atom stereocenters. The van der Waals surface area contributed by atoms with E-state index >= 15 is 0 Å². The molecule has 0 aromatic carbocycles. The lowest BCUT2D eigenvalue weighted by atomic mass is 9.88. The van der Waals surface area contributed by atoms with Gasteiger partial charge in [0.15, 0.2) is 0 Å². The van der Waals surface area contributed by atoms with Crippen LogP contribution in [0.4, 0.5) is 0 Å². The Bertz CT molecular complexity index is 479. The number of hydrogen-bond donors (Lipinski definition) is 0. The second kappa shape index (κ2) is 3.70. The van der Waals surface area contributed by atoms with Crippen molar-refractivity contribution in [2.75, 3.05) is 0 Å². The van der Waals surface area contributed by atoms with Crippen LogP contribution >= 0.6 is 0 Å². The Morgan fingerprint density at radius 2 is 1.69 bits per heavy atom. The average molecular weight is 216 g/mol. The van der Waals surface area contributed by atoms with Crippen LogP contribution in [0.1, 0.15) is 26.5 Å². The zero-order valence-electron chi connectivity index (χ0n) is 10.1.